The number of aromatic nitrogens is 3. The zero-order valence-electron chi connectivity index (χ0n) is 10.8. The molecule has 0 aliphatic heterocycles. The van der Waals surface area contributed by atoms with E-state index in [1.54, 1.807) is 5.01 Å². The van der Waals surface area contributed by atoms with Crippen LogP contribution in [0.25, 0.3) is 0 Å². The molecule has 0 unspecified atom stereocenters. The molecule has 0 spiro atoms. The third kappa shape index (κ3) is 2.87. The lowest BCUT2D eigenvalue weighted by molar-refractivity contribution is 0.498. The van der Waals surface area contributed by atoms with Crippen molar-refractivity contribution in [3.63, 3.8) is 0 Å². The van der Waals surface area contributed by atoms with Gasteiger partial charge in [0.05, 0.1) is 5.54 Å². The number of hydrogen-bond acceptors (Lipinski definition) is 6. The van der Waals surface area contributed by atoms with Gasteiger partial charge in [-0.3, -0.25) is 5.01 Å². The molecule has 1 saturated carbocycles. The van der Waals surface area contributed by atoms with E-state index < -0.39 is 0 Å². The van der Waals surface area contributed by atoms with Crippen molar-refractivity contribution in [2.24, 2.45) is 5.84 Å². The Balaban J connectivity index is 2.35. The van der Waals surface area contributed by atoms with Gasteiger partial charge >= 0.3 is 0 Å². The van der Waals surface area contributed by atoms with Gasteiger partial charge in [-0.1, -0.05) is 11.8 Å². The fourth-order valence-corrected chi connectivity index (χ4v) is 1.74. The SMILES string of the molecule is CSc1nc(C2CC2)nc(N(N)C(C)(C)C)n1. The predicted octanol–water partition coefficient (Wildman–Crippen LogP) is 1.95. The lowest BCUT2D eigenvalue weighted by atomic mass is 10.1. The average molecular weight is 253 g/mol. The van der Waals surface area contributed by atoms with Crippen molar-refractivity contribution in [1.29, 1.82) is 0 Å². The first-order valence-corrected chi connectivity index (χ1v) is 6.99. The summed E-state index contributed by atoms with van der Waals surface area (Å²) in [6, 6.07) is 0. The van der Waals surface area contributed by atoms with Crippen molar-refractivity contribution in [1.82, 2.24) is 15.0 Å². The molecule has 1 aliphatic rings. The van der Waals surface area contributed by atoms with Crippen LogP contribution in [0.1, 0.15) is 45.4 Å². The standard InChI is InChI=1S/C11H19N5S/c1-11(2,3)16(12)9-13-8(7-5-6-7)14-10(15-9)17-4/h7H,5-6,12H2,1-4H3. The van der Waals surface area contributed by atoms with Crippen LogP contribution in [-0.4, -0.2) is 26.7 Å². The Morgan fingerprint density at radius 2 is 1.88 bits per heavy atom. The Labute approximate surface area is 106 Å². The third-order valence-electron chi connectivity index (χ3n) is 2.68. The van der Waals surface area contributed by atoms with Crippen LogP contribution < -0.4 is 10.9 Å². The summed E-state index contributed by atoms with van der Waals surface area (Å²) in [5.74, 6) is 8.02. The first kappa shape index (κ1) is 12.6. The number of anilines is 1. The molecule has 5 nitrogen and oxygen atoms in total. The van der Waals surface area contributed by atoms with Gasteiger partial charge < -0.3 is 0 Å². The maximum atomic E-state index is 6.06. The van der Waals surface area contributed by atoms with E-state index in [-0.39, 0.29) is 5.54 Å². The summed E-state index contributed by atoms with van der Waals surface area (Å²) in [6.07, 6.45) is 4.32. The van der Waals surface area contributed by atoms with E-state index in [1.165, 1.54) is 24.6 Å². The highest BCUT2D eigenvalue weighted by atomic mass is 32.2. The molecule has 2 rings (SSSR count). The Bertz CT molecular complexity index is 411. The molecule has 6 heteroatoms. The Hall–Kier alpha value is -0.880. The predicted molar refractivity (Wildman–Crippen MR) is 70.0 cm³/mol. The maximum absolute atomic E-state index is 6.06. The zero-order chi connectivity index (χ0) is 12.6. The lowest BCUT2D eigenvalue weighted by Gasteiger charge is -2.31. The normalized spacial score (nSPS) is 16.1. The Morgan fingerprint density at radius 3 is 2.35 bits per heavy atom. The molecule has 2 N–H and O–H groups in total. The van der Waals surface area contributed by atoms with Crippen LogP contribution in [0, 0.1) is 0 Å². The number of thioether (sulfide) groups is 1. The van der Waals surface area contributed by atoms with E-state index in [2.05, 4.69) is 15.0 Å². The highest BCUT2D eigenvalue weighted by Gasteiger charge is 2.29. The van der Waals surface area contributed by atoms with Crippen LogP contribution in [-0.2, 0) is 0 Å². The second-order valence-electron chi connectivity index (χ2n) is 5.30. The van der Waals surface area contributed by atoms with Crippen molar-refractivity contribution >= 4 is 17.7 Å². The number of hydrogen-bond donors (Lipinski definition) is 1. The smallest absolute Gasteiger partial charge is 0.244 e. The molecule has 1 aliphatic carbocycles. The molecule has 17 heavy (non-hydrogen) atoms. The highest BCUT2D eigenvalue weighted by Crippen LogP contribution is 2.38. The van der Waals surface area contributed by atoms with Crippen LogP contribution in [0.3, 0.4) is 0 Å². The number of rotatable bonds is 3. The molecule has 1 aromatic heterocycles. The molecule has 0 atom stereocenters. The highest BCUT2D eigenvalue weighted by molar-refractivity contribution is 7.98. The molecular formula is C11H19N5S. The van der Waals surface area contributed by atoms with Crippen LogP contribution in [0.15, 0.2) is 5.16 Å². The summed E-state index contributed by atoms with van der Waals surface area (Å²) < 4.78 is 0. The molecule has 1 aromatic rings. The van der Waals surface area contributed by atoms with Crippen molar-refractivity contribution in [3.8, 4) is 0 Å². The molecule has 0 bridgehead atoms. The van der Waals surface area contributed by atoms with Gasteiger partial charge in [0.25, 0.3) is 0 Å². The molecule has 1 fully saturated rings. The Morgan fingerprint density at radius 1 is 1.24 bits per heavy atom. The number of hydrazine groups is 1. The molecular weight excluding hydrogens is 234 g/mol. The van der Waals surface area contributed by atoms with Gasteiger partial charge in [0.2, 0.25) is 5.95 Å². The van der Waals surface area contributed by atoms with E-state index in [9.17, 15) is 0 Å². The molecule has 1 heterocycles. The van der Waals surface area contributed by atoms with E-state index in [4.69, 9.17) is 5.84 Å². The molecule has 0 radical (unpaired) electrons. The van der Waals surface area contributed by atoms with Gasteiger partial charge in [0, 0.05) is 5.92 Å². The van der Waals surface area contributed by atoms with Crippen molar-refractivity contribution in [3.05, 3.63) is 5.82 Å². The summed E-state index contributed by atoms with van der Waals surface area (Å²) in [4.78, 5) is 13.3. The summed E-state index contributed by atoms with van der Waals surface area (Å²) >= 11 is 1.53. The first-order chi connectivity index (χ1) is 7.91. The van der Waals surface area contributed by atoms with Gasteiger partial charge in [-0.25, -0.2) is 10.8 Å². The van der Waals surface area contributed by atoms with Crippen molar-refractivity contribution < 1.29 is 0 Å². The topological polar surface area (TPSA) is 67.9 Å². The summed E-state index contributed by atoms with van der Waals surface area (Å²) in [6.45, 7) is 6.10. The van der Waals surface area contributed by atoms with E-state index in [1.807, 2.05) is 27.0 Å². The average Bonchev–Trinajstić information content (AvgIpc) is 3.10. The second kappa shape index (κ2) is 4.42. The van der Waals surface area contributed by atoms with Gasteiger partial charge in [-0.15, -0.1) is 0 Å². The van der Waals surface area contributed by atoms with Crippen molar-refractivity contribution in [2.75, 3.05) is 11.3 Å². The summed E-state index contributed by atoms with van der Waals surface area (Å²) in [7, 11) is 0. The van der Waals surface area contributed by atoms with E-state index in [0.717, 1.165) is 11.0 Å². The fourth-order valence-electron chi connectivity index (χ4n) is 1.38. The van der Waals surface area contributed by atoms with E-state index in [0.29, 0.717) is 11.9 Å². The number of nitrogens with two attached hydrogens (primary N) is 1. The molecule has 0 amide bonds. The maximum Gasteiger partial charge on any atom is 0.244 e. The van der Waals surface area contributed by atoms with Gasteiger partial charge in [0.15, 0.2) is 5.16 Å². The fraction of sp³-hybridized carbons (Fsp3) is 0.727. The largest absolute Gasteiger partial charge is 0.273 e. The zero-order valence-corrected chi connectivity index (χ0v) is 11.6. The minimum Gasteiger partial charge on any atom is -0.273 e. The second-order valence-corrected chi connectivity index (χ2v) is 6.07. The molecule has 0 saturated heterocycles. The van der Waals surface area contributed by atoms with Crippen LogP contribution >= 0.6 is 11.8 Å². The Kier molecular flexibility index (Phi) is 3.27. The number of nitrogens with zero attached hydrogens (tertiary/aromatic N) is 4. The van der Waals surface area contributed by atoms with Crippen LogP contribution in [0.4, 0.5) is 5.95 Å². The summed E-state index contributed by atoms with van der Waals surface area (Å²) in [5, 5.41) is 2.36. The van der Waals surface area contributed by atoms with Crippen LogP contribution in [0.5, 0.6) is 0 Å². The quantitative estimate of drug-likeness (QED) is 0.504. The molecule has 94 valence electrons. The lowest BCUT2D eigenvalue weighted by Crippen LogP contribution is -2.48. The minimum atomic E-state index is -0.197. The monoisotopic (exact) mass is 253 g/mol. The molecule has 0 aromatic carbocycles. The summed E-state index contributed by atoms with van der Waals surface area (Å²) in [5.41, 5.74) is -0.197. The van der Waals surface area contributed by atoms with Gasteiger partial charge in [-0.2, -0.15) is 9.97 Å². The minimum absolute atomic E-state index is 0.197. The van der Waals surface area contributed by atoms with E-state index >= 15 is 0 Å². The van der Waals surface area contributed by atoms with Crippen LogP contribution in [0.2, 0.25) is 0 Å². The third-order valence-corrected chi connectivity index (χ3v) is 3.23. The van der Waals surface area contributed by atoms with Gasteiger partial charge in [0.1, 0.15) is 5.82 Å². The first-order valence-electron chi connectivity index (χ1n) is 5.76. The van der Waals surface area contributed by atoms with Crippen molar-refractivity contribution in [2.45, 2.75) is 50.2 Å². The van der Waals surface area contributed by atoms with Gasteiger partial charge in [-0.05, 0) is 39.9 Å².